The molecule has 20 heavy (non-hydrogen) atoms. The molecule has 106 valence electrons. The molecule has 0 saturated heterocycles. The summed E-state index contributed by atoms with van der Waals surface area (Å²) in [6.07, 6.45) is -2.41. The van der Waals surface area contributed by atoms with Gasteiger partial charge in [-0.05, 0) is 31.2 Å². The Balaban J connectivity index is 2.01. The van der Waals surface area contributed by atoms with Crippen LogP contribution in [0.15, 0.2) is 30.3 Å². The van der Waals surface area contributed by atoms with Gasteiger partial charge in [0.15, 0.2) is 5.78 Å². The molecule has 0 radical (unpaired) electrons. The van der Waals surface area contributed by atoms with Crippen LogP contribution in [0.4, 0.5) is 8.78 Å². The van der Waals surface area contributed by atoms with Crippen LogP contribution in [0.5, 0.6) is 0 Å². The van der Waals surface area contributed by atoms with E-state index in [9.17, 15) is 13.6 Å². The number of Topliss-reactive ketones (excluding diaryl/α,β-unsaturated/α-hetero) is 1. The van der Waals surface area contributed by atoms with Gasteiger partial charge in [0.2, 0.25) is 0 Å². The number of ether oxygens (including phenoxy) is 1. The van der Waals surface area contributed by atoms with Crippen molar-refractivity contribution in [3.05, 3.63) is 41.6 Å². The molecular formula is C15H15F2NO2. The van der Waals surface area contributed by atoms with Crippen LogP contribution < -0.4 is 0 Å². The molecule has 0 spiro atoms. The first kappa shape index (κ1) is 14.5. The van der Waals surface area contributed by atoms with Gasteiger partial charge in [-0.2, -0.15) is 0 Å². The molecule has 0 N–H and O–H groups in total. The minimum atomic E-state index is -2.50. The van der Waals surface area contributed by atoms with Gasteiger partial charge in [-0.15, -0.1) is 0 Å². The average Bonchev–Trinajstić information content (AvgIpc) is 2.42. The summed E-state index contributed by atoms with van der Waals surface area (Å²) in [6, 6.07) is 9.03. The predicted octanol–water partition coefficient (Wildman–Crippen LogP) is 3.40. The Morgan fingerprint density at radius 1 is 1.30 bits per heavy atom. The molecule has 0 aliphatic rings. The summed E-state index contributed by atoms with van der Waals surface area (Å²) in [7, 11) is 0. The standard InChI is InChI=1S/C15H15F2NO2/c1-10-2-3-11-8-12(4-5-13(11)18-10)14(19)6-7-20-9-15(16)17/h2-5,8,15H,6-7,9H2,1H3. The molecule has 0 aliphatic carbocycles. The third kappa shape index (κ3) is 3.81. The van der Waals surface area contributed by atoms with Gasteiger partial charge in [0.05, 0.1) is 12.1 Å². The lowest BCUT2D eigenvalue weighted by atomic mass is 10.1. The average molecular weight is 279 g/mol. The first-order valence-corrected chi connectivity index (χ1v) is 6.33. The van der Waals surface area contributed by atoms with Crippen molar-refractivity contribution in [2.24, 2.45) is 0 Å². The lowest BCUT2D eigenvalue weighted by Gasteiger charge is -2.05. The number of rotatable bonds is 6. The van der Waals surface area contributed by atoms with E-state index in [4.69, 9.17) is 4.74 Å². The van der Waals surface area contributed by atoms with E-state index >= 15 is 0 Å². The lowest BCUT2D eigenvalue weighted by Crippen LogP contribution is -2.09. The Hall–Kier alpha value is -1.88. The van der Waals surface area contributed by atoms with Crippen LogP contribution in [0.2, 0.25) is 0 Å². The maximum Gasteiger partial charge on any atom is 0.261 e. The number of benzene rings is 1. The van der Waals surface area contributed by atoms with Crippen molar-refractivity contribution in [3.63, 3.8) is 0 Å². The summed E-state index contributed by atoms with van der Waals surface area (Å²) >= 11 is 0. The molecule has 0 unspecified atom stereocenters. The predicted molar refractivity (Wildman–Crippen MR) is 72.3 cm³/mol. The van der Waals surface area contributed by atoms with Gasteiger partial charge in [-0.1, -0.05) is 6.07 Å². The highest BCUT2D eigenvalue weighted by molar-refractivity contribution is 5.99. The summed E-state index contributed by atoms with van der Waals surface area (Å²) in [5, 5.41) is 0.884. The van der Waals surface area contributed by atoms with E-state index in [2.05, 4.69) is 4.98 Å². The van der Waals surface area contributed by atoms with E-state index in [0.29, 0.717) is 5.56 Å². The molecule has 0 aliphatic heterocycles. The van der Waals surface area contributed by atoms with Gasteiger partial charge in [-0.25, -0.2) is 8.78 Å². The zero-order valence-electron chi connectivity index (χ0n) is 11.1. The molecule has 5 heteroatoms. The monoisotopic (exact) mass is 279 g/mol. The van der Waals surface area contributed by atoms with Crippen LogP contribution in [0.3, 0.4) is 0 Å². The second-order valence-electron chi connectivity index (χ2n) is 4.50. The number of carbonyl (C=O) groups is 1. The second-order valence-corrected chi connectivity index (χ2v) is 4.50. The van der Waals surface area contributed by atoms with Gasteiger partial charge in [0.25, 0.3) is 6.43 Å². The van der Waals surface area contributed by atoms with Gasteiger partial charge in [-0.3, -0.25) is 9.78 Å². The third-order valence-electron chi connectivity index (χ3n) is 2.87. The maximum absolute atomic E-state index is 11.9. The fourth-order valence-electron chi connectivity index (χ4n) is 1.88. The van der Waals surface area contributed by atoms with E-state index in [1.807, 2.05) is 19.1 Å². The Morgan fingerprint density at radius 2 is 2.10 bits per heavy atom. The number of carbonyl (C=O) groups excluding carboxylic acids is 1. The molecule has 1 aromatic carbocycles. The second kappa shape index (κ2) is 6.52. The number of aryl methyl sites for hydroxylation is 1. The van der Waals surface area contributed by atoms with E-state index in [0.717, 1.165) is 16.6 Å². The normalized spacial score (nSPS) is 11.2. The summed E-state index contributed by atoms with van der Waals surface area (Å²) in [6.45, 7) is 1.28. The highest BCUT2D eigenvalue weighted by atomic mass is 19.3. The summed E-state index contributed by atoms with van der Waals surface area (Å²) in [5.74, 6) is -0.123. The number of ketones is 1. The van der Waals surface area contributed by atoms with Crippen molar-refractivity contribution in [2.75, 3.05) is 13.2 Å². The number of fused-ring (bicyclic) bond motifs is 1. The molecule has 1 aromatic heterocycles. The number of hydrogen-bond acceptors (Lipinski definition) is 3. The topological polar surface area (TPSA) is 39.2 Å². The molecule has 0 atom stereocenters. The summed E-state index contributed by atoms with van der Waals surface area (Å²) in [4.78, 5) is 16.3. The minimum absolute atomic E-state index is 0.00730. The van der Waals surface area contributed by atoms with Gasteiger partial charge in [0, 0.05) is 23.1 Å². The number of pyridine rings is 1. The van der Waals surface area contributed by atoms with Crippen molar-refractivity contribution < 1.29 is 18.3 Å². The Labute approximate surface area is 115 Å². The largest absolute Gasteiger partial charge is 0.375 e. The van der Waals surface area contributed by atoms with E-state index in [1.54, 1.807) is 18.2 Å². The zero-order chi connectivity index (χ0) is 14.5. The quantitative estimate of drug-likeness (QED) is 0.601. The maximum atomic E-state index is 11.9. The fraction of sp³-hybridized carbons (Fsp3) is 0.333. The number of alkyl halides is 2. The smallest absolute Gasteiger partial charge is 0.261 e. The summed E-state index contributed by atoms with van der Waals surface area (Å²) < 4.78 is 28.5. The SMILES string of the molecule is Cc1ccc2cc(C(=O)CCOCC(F)F)ccc2n1. The molecule has 0 saturated carbocycles. The van der Waals surface area contributed by atoms with E-state index in [-0.39, 0.29) is 18.8 Å². The first-order valence-electron chi connectivity index (χ1n) is 6.33. The highest BCUT2D eigenvalue weighted by Gasteiger charge is 2.08. The van der Waals surface area contributed by atoms with Crippen LogP contribution in [0.1, 0.15) is 22.5 Å². The van der Waals surface area contributed by atoms with Crippen LogP contribution in [0, 0.1) is 6.92 Å². The van der Waals surface area contributed by atoms with Crippen molar-refractivity contribution in [2.45, 2.75) is 19.8 Å². The fourth-order valence-corrected chi connectivity index (χ4v) is 1.88. The van der Waals surface area contributed by atoms with Crippen molar-refractivity contribution in [1.29, 1.82) is 0 Å². The van der Waals surface area contributed by atoms with Crippen LogP contribution in [-0.4, -0.2) is 30.4 Å². The van der Waals surface area contributed by atoms with Gasteiger partial charge < -0.3 is 4.74 Å². The summed E-state index contributed by atoms with van der Waals surface area (Å²) in [5.41, 5.74) is 2.29. The number of aromatic nitrogens is 1. The van der Waals surface area contributed by atoms with Crippen molar-refractivity contribution in [1.82, 2.24) is 4.98 Å². The number of halogens is 2. The molecule has 0 fully saturated rings. The van der Waals surface area contributed by atoms with Gasteiger partial charge >= 0.3 is 0 Å². The lowest BCUT2D eigenvalue weighted by molar-refractivity contribution is 0.0170. The van der Waals surface area contributed by atoms with Crippen LogP contribution >= 0.6 is 0 Å². The Kier molecular flexibility index (Phi) is 4.74. The molecule has 2 rings (SSSR count). The van der Waals surface area contributed by atoms with Gasteiger partial charge in [0.1, 0.15) is 6.61 Å². The van der Waals surface area contributed by atoms with Crippen LogP contribution in [0.25, 0.3) is 10.9 Å². The first-order chi connectivity index (χ1) is 9.56. The van der Waals surface area contributed by atoms with E-state index < -0.39 is 13.0 Å². The Bertz CT molecular complexity index is 614. The molecule has 1 heterocycles. The molecule has 0 amide bonds. The minimum Gasteiger partial charge on any atom is -0.375 e. The number of hydrogen-bond donors (Lipinski definition) is 0. The van der Waals surface area contributed by atoms with Crippen molar-refractivity contribution >= 4 is 16.7 Å². The highest BCUT2D eigenvalue weighted by Crippen LogP contribution is 2.16. The van der Waals surface area contributed by atoms with Crippen molar-refractivity contribution in [3.8, 4) is 0 Å². The molecule has 3 nitrogen and oxygen atoms in total. The number of nitrogens with zero attached hydrogens (tertiary/aromatic N) is 1. The molecule has 2 aromatic rings. The zero-order valence-corrected chi connectivity index (χ0v) is 11.1. The van der Waals surface area contributed by atoms with Crippen LogP contribution in [-0.2, 0) is 4.74 Å². The molecule has 0 bridgehead atoms. The van der Waals surface area contributed by atoms with E-state index in [1.165, 1.54) is 0 Å². The Morgan fingerprint density at radius 3 is 2.85 bits per heavy atom. The molecular weight excluding hydrogens is 264 g/mol. The third-order valence-corrected chi connectivity index (χ3v) is 2.87.